The van der Waals surface area contributed by atoms with E-state index in [0.717, 1.165) is 6.42 Å². The number of carbonyl (C=O) groups is 1. The molecule has 2 nitrogen and oxygen atoms in total. The minimum Gasteiger partial charge on any atom is -0.465 e. The van der Waals surface area contributed by atoms with Crippen molar-refractivity contribution in [3.05, 3.63) is 0 Å². The largest absolute Gasteiger partial charge is 0.465 e. The van der Waals surface area contributed by atoms with Gasteiger partial charge in [0.15, 0.2) is 0 Å². The second-order valence-electron chi connectivity index (χ2n) is 9.71. The quantitative estimate of drug-likeness (QED) is 0.120. The van der Waals surface area contributed by atoms with Crippen molar-refractivity contribution >= 4 is 5.97 Å². The van der Waals surface area contributed by atoms with Gasteiger partial charge >= 0.3 is 5.97 Å². The van der Waals surface area contributed by atoms with Crippen LogP contribution in [0.4, 0.5) is 0 Å². The molecule has 180 valence electrons. The molecule has 0 aliphatic carbocycles. The molecule has 0 saturated heterocycles. The van der Waals surface area contributed by atoms with Gasteiger partial charge in [-0.1, -0.05) is 137 Å². The van der Waals surface area contributed by atoms with E-state index in [-0.39, 0.29) is 11.9 Å². The van der Waals surface area contributed by atoms with Crippen LogP contribution in [-0.2, 0) is 9.53 Å². The molecule has 30 heavy (non-hydrogen) atoms. The average molecular weight is 425 g/mol. The highest BCUT2D eigenvalue weighted by Gasteiger charge is 2.16. The van der Waals surface area contributed by atoms with Crippen molar-refractivity contribution in [2.45, 2.75) is 156 Å². The molecule has 0 saturated carbocycles. The van der Waals surface area contributed by atoms with Gasteiger partial charge in [-0.15, -0.1) is 0 Å². The fraction of sp³-hybridized carbons (Fsp3) is 0.964. The first-order valence-electron chi connectivity index (χ1n) is 13.8. The van der Waals surface area contributed by atoms with Gasteiger partial charge in [0.2, 0.25) is 0 Å². The average Bonchev–Trinajstić information content (AvgIpc) is 2.75. The number of hydrogen-bond acceptors (Lipinski definition) is 2. The fourth-order valence-corrected chi connectivity index (χ4v) is 4.33. The van der Waals surface area contributed by atoms with E-state index >= 15 is 0 Å². The van der Waals surface area contributed by atoms with Gasteiger partial charge in [0.1, 0.15) is 0 Å². The smallest absolute Gasteiger partial charge is 0.308 e. The Kier molecular flexibility index (Phi) is 22.7. The van der Waals surface area contributed by atoms with E-state index in [2.05, 4.69) is 27.7 Å². The maximum Gasteiger partial charge on any atom is 0.308 e. The minimum absolute atomic E-state index is 0.0329. The van der Waals surface area contributed by atoms with Crippen LogP contribution in [0.15, 0.2) is 0 Å². The standard InChI is InChI=1S/C28H56O2/c1-5-8-10-11-12-13-14-15-16-17-18-19-21-23-26(4)28(29)30-25-27(22-7-3)24-20-9-6-2/h26-27H,5-25H2,1-4H3. The summed E-state index contributed by atoms with van der Waals surface area (Å²) in [6, 6.07) is 0. The van der Waals surface area contributed by atoms with E-state index in [1.165, 1.54) is 122 Å². The molecule has 0 aliphatic rings. The van der Waals surface area contributed by atoms with Gasteiger partial charge in [0, 0.05) is 0 Å². The summed E-state index contributed by atoms with van der Waals surface area (Å²) in [4.78, 5) is 12.3. The highest BCUT2D eigenvalue weighted by Crippen LogP contribution is 2.19. The second-order valence-corrected chi connectivity index (χ2v) is 9.71. The van der Waals surface area contributed by atoms with Gasteiger partial charge < -0.3 is 4.74 Å². The summed E-state index contributed by atoms with van der Waals surface area (Å²) < 4.78 is 5.67. The third kappa shape index (κ3) is 19.4. The van der Waals surface area contributed by atoms with Crippen molar-refractivity contribution in [3.8, 4) is 0 Å². The molecule has 0 fully saturated rings. The Balaban J connectivity index is 3.57. The lowest BCUT2D eigenvalue weighted by molar-refractivity contribution is -0.149. The van der Waals surface area contributed by atoms with E-state index in [1.807, 2.05) is 0 Å². The number of carbonyl (C=O) groups excluding carboxylic acids is 1. The molecular formula is C28H56O2. The van der Waals surface area contributed by atoms with Gasteiger partial charge in [-0.05, 0) is 25.2 Å². The molecule has 2 unspecified atom stereocenters. The van der Waals surface area contributed by atoms with Gasteiger partial charge in [-0.3, -0.25) is 4.79 Å². The minimum atomic E-state index is 0.0329. The molecule has 0 aromatic heterocycles. The van der Waals surface area contributed by atoms with Crippen molar-refractivity contribution in [3.63, 3.8) is 0 Å². The second kappa shape index (κ2) is 23.1. The summed E-state index contributed by atoms with van der Waals surface area (Å²) in [6.45, 7) is 9.44. The molecule has 0 radical (unpaired) electrons. The third-order valence-corrected chi connectivity index (χ3v) is 6.52. The lowest BCUT2D eigenvalue weighted by Crippen LogP contribution is -2.19. The molecular weight excluding hydrogens is 368 g/mol. The first-order valence-corrected chi connectivity index (χ1v) is 13.8. The van der Waals surface area contributed by atoms with E-state index in [0.29, 0.717) is 12.5 Å². The fourth-order valence-electron chi connectivity index (χ4n) is 4.33. The summed E-state index contributed by atoms with van der Waals surface area (Å²) in [5.74, 6) is 0.662. The zero-order chi connectivity index (χ0) is 22.3. The maximum absolute atomic E-state index is 12.3. The predicted octanol–water partition coefficient (Wildman–Crippen LogP) is 9.64. The van der Waals surface area contributed by atoms with Crippen LogP contribution < -0.4 is 0 Å². The maximum atomic E-state index is 12.3. The molecule has 0 amide bonds. The Hall–Kier alpha value is -0.530. The zero-order valence-electron chi connectivity index (χ0n) is 21.3. The summed E-state index contributed by atoms with van der Waals surface area (Å²) in [6.07, 6.45) is 26.2. The summed E-state index contributed by atoms with van der Waals surface area (Å²) >= 11 is 0. The molecule has 0 aromatic rings. The number of rotatable bonds is 23. The molecule has 0 bridgehead atoms. The molecule has 0 N–H and O–H groups in total. The Morgan fingerprint density at radius 3 is 1.50 bits per heavy atom. The number of hydrogen-bond donors (Lipinski definition) is 0. The van der Waals surface area contributed by atoms with Crippen molar-refractivity contribution in [1.29, 1.82) is 0 Å². The number of ether oxygens (including phenoxy) is 1. The molecule has 0 rings (SSSR count). The first-order chi connectivity index (χ1) is 14.7. The zero-order valence-corrected chi connectivity index (χ0v) is 21.3. The molecule has 0 aliphatic heterocycles. The van der Waals surface area contributed by atoms with Crippen molar-refractivity contribution in [1.82, 2.24) is 0 Å². The van der Waals surface area contributed by atoms with Crippen LogP contribution in [0.3, 0.4) is 0 Å². The summed E-state index contributed by atoms with van der Waals surface area (Å²) in [5.41, 5.74) is 0. The Labute approximate surface area is 190 Å². The van der Waals surface area contributed by atoms with Crippen molar-refractivity contribution in [2.24, 2.45) is 11.8 Å². The Morgan fingerprint density at radius 2 is 1.00 bits per heavy atom. The lowest BCUT2D eigenvalue weighted by atomic mass is 9.97. The molecule has 2 atom stereocenters. The normalized spacial score (nSPS) is 13.3. The Morgan fingerprint density at radius 1 is 0.567 bits per heavy atom. The highest BCUT2D eigenvalue weighted by atomic mass is 16.5. The van der Waals surface area contributed by atoms with E-state index in [4.69, 9.17) is 4.74 Å². The van der Waals surface area contributed by atoms with Crippen LogP contribution in [0.1, 0.15) is 156 Å². The predicted molar refractivity (Wildman–Crippen MR) is 133 cm³/mol. The number of esters is 1. The van der Waals surface area contributed by atoms with Crippen LogP contribution >= 0.6 is 0 Å². The van der Waals surface area contributed by atoms with Crippen LogP contribution in [0, 0.1) is 11.8 Å². The topological polar surface area (TPSA) is 26.3 Å². The summed E-state index contributed by atoms with van der Waals surface area (Å²) in [7, 11) is 0. The van der Waals surface area contributed by atoms with E-state index in [9.17, 15) is 4.79 Å². The van der Waals surface area contributed by atoms with Crippen molar-refractivity contribution < 1.29 is 9.53 Å². The molecule has 0 aromatic carbocycles. The molecule has 0 spiro atoms. The van der Waals surface area contributed by atoms with Crippen LogP contribution in [0.2, 0.25) is 0 Å². The van der Waals surface area contributed by atoms with E-state index < -0.39 is 0 Å². The van der Waals surface area contributed by atoms with Gasteiger partial charge in [-0.25, -0.2) is 0 Å². The monoisotopic (exact) mass is 424 g/mol. The van der Waals surface area contributed by atoms with Crippen LogP contribution in [-0.4, -0.2) is 12.6 Å². The van der Waals surface area contributed by atoms with Crippen LogP contribution in [0.5, 0.6) is 0 Å². The van der Waals surface area contributed by atoms with Crippen LogP contribution in [0.25, 0.3) is 0 Å². The highest BCUT2D eigenvalue weighted by molar-refractivity contribution is 5.71. The first kappa shape index (κ1) is 29.5. The van der Waals surface area contributed by atoms with Crippen molar-refractivity contribution in [2.75, 3.05) is 6.61 Å². The summed E-state index contributed by atoms with van der Waals surface area (Å²) in [5, 5.41) is 0. The number of unbranched alkanes of at least 4 members (excludes halogenated alkanes) is 14. The Bertz CT molecular complexity index is 353. The lowest BCUT2D eigenvalue weighted by Gasteiger charge is -2.18. The molecule has 0 heterocycles. The van der Waals surface area contributed by atoms with Gasteiger partial charge in [-0.2, -0.15) is 0 Å². The van der Waals surface area contributed by atoms with Gasteiger partial charge in [0.25, 0.3) is 0 Å². The molecule has 2 heteroatoms. The van der Waals surface area contributed by atoms with Gasteiger partial charge in [0.05, 0.1) is 12.5 Å². The SMILES string of the molecule is CCCCCCCCCCCCCCCC(C)C(=O)OCC(CCC)CCCCC. The van der Waals surface area contributed by atoms with E-state index in [1.54, 1.807) is 0 Å². The third-order valence-electron chi connectivity index (χ3n) is 6.52.